The Morgan fingerprint density at radius 2 is 2.19 bits per heavy atom. The number of piperidine rings is 1. The van der Waals surface area contributed by atoms with E-state index in [9.17, 15) is 8.42 Å². The standard InChI is InChI=1S/C15H26N2O3S/c1-3-13-5-6-15(20-13)14-11-12(2)7-9-17(14)8-4-10-21(16,18)19/h5-6,12,14H,3-4,7-11H2,1-2H3,(H2,16,18,19)/t12-,14-/m1/s1. The molecular formula is C15H26N2O3S. The highest BCUT2D eigenvalue weighted by Crippen LogP contribution is 2.34. The number of aryl methyl sites for hydroxylation is 1. The maximum Gasteiger partial charge on any atom is 0.209 e. The van der Waals surface area contributed by atoms with Crippen LogP contribution in [-0.2, 0) is 16.4 Å². The zero-order valence-corrected chi connectivity index (χ0v) is 13.7. The van der Waals surface area contributed by atoms with Crippen molar-refractivity contribution >= 4 is 10.0 Å². The van der Waals surface area contributed by atoms with Crippen molar-refractivity contribution in [2.45, 2.75) is 45.6 Å². The molecule has 5 nitrogen and oxygen atoms in total. The van der Waals surface area contributed by atoms with Gasteiger partial charge in [-0.05, 0) is 50.4 Å². The minimum atomic E-state index is -3.37. The molecule has 6 heteroatoms. The predicted octanol–water partition coefficient (Wildman–Crippen LogP) is 2.29. The van der Waals surface area contributed by atoms with E-state index in [1.807, 2.05) is 6.07 Å². The van der Waals surface area contributed by atoms with Crippen LogP contribution in [0.25, 0.3) is 0 Å². The molecule has 0 aliphatic carbocycles. The summed E-state index contributed by atoms with van der Waals surface area (Å²) < 4.78 is 28.0. The van der Waals surface area contributed by atoms with Gasteiger partial charge in [0.2, 0.25) is 10.0 Å². The minimum absolute atomic E-state index is 0.0458. The molecule has 21 heavy (non-hydrogen) atoms. The molecule has 1 aromatic rings. The van der Waals surface area contributed by atoms with Crippen molar-refractivity contribution in [3.8, 4) is 0 Å². The molecule has 0 amide bonds. The van der Waals surface area contributed by atoms with E-state index in [4.69, 9.17) is 9.56 Å². The van der Waals surface area contributed by atoms with E-state index in [2.05, 4.69) is 24.8 Å². The first-order valence-corrected chi connectivity index (χ1v) is 9.43. The minimum Gasteiger partial charge on any atom is -0.464 e. The molecular weight excluding hydrogens is 288 g/mol. The van der Waals surface area contributed by atoms with Gasteiger partial charge in [-0.1, -0.05) is 13.8 Å². The van der Waals surface area contributed by atoms with Crippen LogP contribution in [0.2, 0.25) is 0 Å². The van der Waals surface area contributed by atoms with Crippen LogP contribution in [0.15, 0.2) is 16.5 Å². The van der Waals surface area contributed by atoms with Crippen molar-refractivity contribution < 1.29 is 12.8 Å². The first kappa shape index (κ1) is 16.5. The lowest BCUT2D eigenvalue weighted by molar-refractivity contribution is 0.101. The molecule has 0 spiro atoms. The summed E-state index contributed by atoms with van der Waals surface area (Å²) in [4.78, 5) is 2.34. The van der Waals surface area contributed by atoms with Crippen molar-refractivity contribution in [2.24, 2.45) is 11.1 Å². The third-order valence-electron chi connectivity index (χ3n) is 4.21. The fourth-order valence-corrected chi connectivity index (χ4v) is 3.52. The molecule has 1 aliphatic heterocycles. The van der Waals surface area contributed by atoms with Crippen LogP contribution in [0.1, 0.15) is 50.7 Å². The van der Waals surface area contributed by atoms with Gasteiger partial charge >= 0.3 is 0 Å². The molecule has 1 fully saturated rings. The van der Waals surface area contributed by atoms with Crippen molar-refractivity contribution in [3.05, 3.63) is 23.7 Å². The molecule has 0 radical (unpaired) electrons. The topological polar surface area (TPSA) is 76.5 Å². The highest BCUT2D eigenvalue weighted by atomic mass is 32.2. The van der Waals surface area contributed by atoms with Crippen LogP contribution in [0.5, 0.6) is 0 Å². The lowest BCUT2D eigenvalue weighted by Gasteiger charge is -2.37. The highest BCUT2D eigenvalue weighted by Gasteiger charge is 2.29. The first-order valence-electron chi connectivity index (χ1n) is 7.72. The van der Waals surface area contributed by atoms with Gasteiger partial charge < -0.3 is 4.42 Å². The Hall–Kier alpha value is -0.850. The normalized spacial score (nSPS) is 24.3. The molecule has 0 bridgehead atoms. The SMILES string of the molecule is CCc1ccc([C@H]2C[C@H](C)CCN2CCCS(N)(=O)=O)o1. The molecule has 2 N–H and O–H groups in total. The Kier molecular flexibility index (Phi) is 5.46. The van der Waals surface area contributed by atoms with Crippen LogP contribution in [0.4, 0.5) is 0 Å². The maximum absolute atomic E-state index is 11.1. The van der Waals surface area contributed by atoms with Gasteiger partial charge in [0, 0.05) is 6.42 Å². The molecule has 0 saturated carbocycles. The summed E-state index contributed by atoms with van der Waals surface area (Å²) in [5.41, 5.74) is 0. The van der Waals surface area contributed by atoms with Crippen LogP contribution in [0, 0.1) is 5.92 Å². The Balaban J connectivity index is 2.02. The Labute approximate surface area is 127 Å². The number of rotatable bonds is 6. The molecule has 1 aliphatic rings. The van der Waals surface area contributed by atoms with Crippen molar-refractivity contribution in [3.63, 3.8) is 0 Å². The van der Waals surface area contributed by atoms with Gasteiger partial charge in [-0.25, -0.2) is 13.6 Å². The second-order valence-electron chi connectivity index (χ2n) is 6.06. The highest BCUT2D eigenvalue weighted by molar-refractivity contribution is 7.89. The molecule has 1 aromatic heterocycles. The van der Waals surface area contributed by atoms with Crippen molar-refractivity contribution in [1.82, 2.24) is 4.90 Å². The van der Waals surface area contributed by atoms with Gasteiger partial charge in [-0.3, -0.25) is 4.90 Å². The number of nitrogens with zero attached hydrogens (tertiary/aromatic N) is 1. The quantitative estimate of drug-likeness (QED) is 0.874. The fraction of sp³-hybridized carbons (Fsp3) is 0.733. The summed E-state index contributed by atoms with van der Waals surface area (Å²) in [6.45, 7) is 6.07. The van der Waals surface area contributed by atoms with E-state index < -0.39 is 10.0 Å². The summed E-state index contributed by atoms with van der Waals surface area (Å²) in [6.07, 6.45) is 3.68. The summed E-state index contributed by atoms with van der Waals surface area (Å²) in [7, 11) is -3.37. The molecule has 2 atom stereocenters. The number of sulfonamides is 1. The summed E-state index contributed by atoms with van der Waals surface area (Å²) in [5.74, 6) is 2.73. The maximum atomic E-state index is 11.1. The second kappa shape index (κ2) is 6.94. The van der Waals surface area contributed by atoms with Crippen molar-refractivity contribution in [1.29, 1.82) is 0 Å². The van der Waals surface area contributed by atoms with E-state index in [0.717, 1.165) is 43.9 Å². The number of furan rings is 1. The third kappa shape index (κ3) is 4.83. The van der Waals surface area contributed by atoms with Gasteiger partial charge in [0.05, 0.1) is 11.8 Å². The lowest BCUT2D eigenvalue weighted by Crippen LogP contribution is -2.37. The number of likely N-dealkylation sites (tertiary alicyclic amines) is 1. The zero-order chi connectivity index (χ0) is 15.5. The monoisotopic (exact) mass is 314 g/mol. The van der Waals surface area contributed by atoms with E-state index >= 15 is 0 Å². The largest absolute Gasteiger partial charge is 0.464 e. The summed E-state index contributed by atoms with van der Waals surface area (Å²) >= 11 is 0. The smallest absolute Gasteiger partial charge is 0.209 e. The Morgan fingerprint density at radius 3 is 2.81 bits per heavy atom. The van der Waals surface area contributed by atoms with Gasteiger partial charge in [0.1, 0.15) is 11.5 Å². The second-order valence-corrected chi connectivity index (χ2v) is 7.79. The number of nitrogens with two attached hydrogens (primary N) is 1. The van der Waals surface area contributed by atoms with E-state index in [0.29, 0.717) is 12.3 Å². The first-order chi connectivity index (χ1) is 9.89. The van der Waals surface area contributed by atoms with E-state index in [-0.39, 0.29) is 11.8 Å². The molecule has 0 unspecified atom stereocenters. The Bertz CT molecular complexity index is 553. The van der Waals surface area contributed by atoms with Crippen molar-refractivity contribution in [2.75, 3.05) is 18.8 Å². The zero-order valence-electron chi connectivity index (χ0n) is 12.9. The fourth-order valence-electron chi connectivity index (χ4n) is 2.99. The van der Waals surface area contributed by atoms with Gasteiger partial charge in [0.15, 0.2) is 0 Å². The molecule has 2 heterocycles. The van der Waals surface area contributed by atoms with Gasteiger partial charge in [-0.15, -0.1) is 0 Å². The number of hydrogen-bond acceptors (Lipinski definition) is 4. The summed E-state index contributed by atoms with van der Waals surface area (Å²) in [6, 6.07) is 4.36. The number of hydrogen-bond donors (Lipinski definition) is 1. The number of primary sulfonamides is 1. The third-order valence-corrected chi connectivity index (χ3v) is 5.07. The Morgan fingerprint density at radius 1 is 1.43 bits per heavy atom. The van der Waals surface area contributed by atoms with Crippen LogP contribution >= 0.6 is 0 Å². The van der Waals surface area contributed by atoms with Crippen LogP contribution in [-0.4, -0.2) is 32.2 Å². The molecule has 120 valence electrons. The van der Waals surface area contributed by atoms with Gasteiger partial charge in [-0.2, -0.15) is 0 Å². The average molecular weight is 314 g/mol. The van der Waals surface area contributed by atoms with E-state index in [1.165, 1.54) is 0 Å². The molecule has 1 saturated heterocycles. The van der Waals surface area contributed by atoms with E-state index in [1.54, 1.807) is 0 Å². The average Bonchev–Trinajstić information content (AvgIpc) is 2.87. The predicted molar refractivity (Wildman–Crippen MR) is 83.4 cm³/mol. The lowest BCUT2D eigenvalue weighted by atomic mass is 9.91. The molecule has 0 aromatic carbocycles. The van der Waals surface area contributed by atoms with Crippen LogP contribution < -0.4 is 5.14 Å². The van der Waals surface area contributed by atoms with Gasteiger partial charge in [0.25, 0.3) is 0 Å². The summed E-state index contributed by atoms with van der Waals surface area (Å²) in [5, 5.41) is 5.08. The van der Waals surface area contributed by atoms with Crippen LogP contribution in [0.3, 0.4) is 0 Å². The molecule has 2 rings (SSSR count).